The Hall–Kier alpha value is -2.18. The first-order valence-electron chi connectivity index (χ1n) is 6.01. The lowest BCUT2D eigenvalue weighted by Gasteiger charge is -2.12. The Morgan fingerprint density at radius 2 is 2.05 bits per heavy atom. The number of aliphatic carboxylic acids is 1. The third kappa shape index (κ3) is 3.23. The highest BCUT2D eigenvalue weighted by atomic mass is 19.1. The number of carbonyl (C=O) groups is 2. The van der Waals surface area contributed by atoms with Crippen LogP contribution in [0.25, 0.3) is 0 Å². The van der Waals surface area contributed by atoms with E-state index in [1.807, 2.05) is 0 Å². The fourth-order valence-electron chi connectivity index (χ4n) is 1.67. The molecule has 0 aromatic heterocycles. The van der Waals surface area contributed by atoms with Crippen LogP contribution in [0.4, 0.5) is 8.78 Å². The number of amides is 1. The first kappa shape index (κ1) is 14.2. The van der Waals surface area contributed by atoms with Gasteiger partial charge in [0.1, 0.15) is 5.82 Å². The summed E-state index contributed by atoms with van der Waals surface area (Å²) in [6.45, 7) is -0.436. The average molecular weight is 285 g/mol. The number of halogens is 2. The van der Waals surface area contributed by atoms with Crippen molar-refractivity contribution in [2.45, 2.75) is 12.8 Å². The Balaban J connectivity index is 1.79. The molecule has 108 valence electrons. The van der Waals surface area contributed by atoms with Gasteiger partial charge in [0.15, 0.2) is 18.2 Å². The Kier molecular flexibility index (Phi) is 3.87. The molecule has 1 aliphatic rings. The fraction of sp³-hybridized carbons (Fsp3) is 0.385. The summed E-state index contributed by atoms with van der Waals surface area (Å²) in [7, 11) is 0. The number of benzene rings is 1. The summed E-state index contributed by atoms with van der Waals surface area (Å²) in [6.07, 6.45) is 1.05. The highest BCUT2D eigenvalue weighted by Gasteiger charge is 2.50. The molecule has 0 atom stereocenters. The van der Waals surface area contributed by atoms with E-state index in [4.69, 9.17) is 9.84 Å². The number of carboxylic acid groups (broad SMARTS) is 1. The zero-order valence-corrected chi connectivity index (χ0v) is 10.5. The van der Waals surface area contributed by atoms with Crippen molar-refractivity contribution in [3.05, 3.63) is 29.8 Å². The first-order valence-corrected chi connectivity index (χ1v) is 6.01. The number of carboxylic acids is 1. The SMILES string of the molecule is O=C(COc1ccc(F)cc1F)NCC1(C(=O)O)CC1. The molecule has 1 aromatic rings. The Morgan fingerprint density at radius 3 is 2.60 bits per heavy atom. The molecular weight excluding hydrogens is 272 g/mol. The third-order valence-corrected chi connectivity index (χ3v) is 3.18. The summed E-state index contributed by atoms with van der Waals surface area (Å²) < 4.78 is 30.8. The molecule has 2 rings (SSSR count). The lowest BCUT2D eigenvalue weighted by atomic mass is 10.1. The smallest absolute Gasteiger partial charge is 0.311 e. The van der Waals surface area contributed by atoms with Crippen molar-refractivity contribution < 1.29 is 28.2 Å². The van der Waals surface area contributed by atoms with Crippen molar-refractivity contribution in [3.8, 4) is 5.75 Å². The second-order valence-corrected chi connectivity index (χ2v) is 4.73. The topological polar surface area (TPSA) is 75.6 Å². The summed E-state index contributed by atoms with van der Waals surface area (Å²) in [4.78, 5) is 22.4. The van der Waals surface area contributed by atoms with E-state index in [-0.39, 0.29) is 12.3 Å². The van der Waals surface area contributed by atoms with Gasteiger partial charge in [-0.05, 0) is 25.0 Å². The lowest BCUT2D eigenvalue weighted by molar-refractivity contribution is -0.143. The van der Waals surface area contributed by atoms with Crippen LogP contribution in [0.1, 0.15) is 12.8 Å². The standard InChI is InChI=1S/C13H13F2NO4/c14-8-1-2-10(9(15)5-8)20-6-11(17)16-7-13(3-4-13)12(18)19/h1-2,5H,3-4,6-7H2,(H,16,17)(H,18,19). The van der Waals surface area contributed by atoms with Crippen LogP contribution in [0.5, 0.6) is 5.75 Å². The predicted molar refractivity (Wildman–Crippen MR) is 64.2 cm³/mol. The fourth-order valence-corrected chi connectivity index (χ4v) is 1.67. The summed E-state index contributed by atoms with van der Waals surface area (Å²) >= 11 is 0. The van der Waals surface area contributed by atoms with E-state index in [9.17, 15) is 18.4 Å². The van der Waals surface area contributed by atoms with Gasteiger partial charge in [0.2, 0.25) is 0 Å². The van der Waals surface area contributed by atoms with Crippen LogP contribution >= 0.6 is 0 Å². The maximum Gasteiger partial charge on any atom is 0.311 e. The second kappa shape index (κ2) is 5.44. The molecule has 0 aliphatic heterocycles. The van der Waals surface area contributed by atoms with Gasteiger partial charge in [-0.25, -0.2) is 8.78 Å². The molecule has 1 aromatic carbocycles. The predicted octanol–water partition coefficient (Wildman–Crippen LogP) is 1.32. The molecule has 1 saturated carbocycles. The molecular formula is C13H13F2NO4. The molecule has 5 nitrogen and oxygen atoms in total. The summed E-state index contributed by atoms with van der Waals surface area (Å²) in [5, 5.41) is 11.3. The number of hydrogen-bond acceptors (Lipinski definition) is 3. The molecule has 0 saturated heterocycles. The van der Waals surface area contributed by atoms with Crippen LogP contribution < -0.4 is 10.1 Å². The van der Waals surface area contributed by atoms with Crippen molar-refractivity contribution in [2.75, 3.05) is 13.2 Å². The Morgan fingerprint density at radius 1 is 1.35 bits per heavy atom. The van der Waals surface area contributed by atoms with Crippen LogP contribution in [-0.2, 0) is 9.59 Å². The quantitative estimate of drug-likeness (QED) is 0.826. The van der Waals surface area contributed by atoms with Crippen molar-refractivity contribution >= 4 is 11.9 Å². The molecule has 0 unspecified atom stereocenters. The van der Waals surface area contributed by atoms with Crippen LogP contribution in [0.2, 0.25) is 0 Å². The van der Waals surface area contributed by atoms with E-state index in [1.165, 1.54) is 0 Å². The minimum absolute atomic E-state index is 0.0242. The van der Waals surface area contributed by atoms with Gasteiger partial charge in [-0.3, -0.25) is 9.59 Å². The average Bonchev–Trinajstić information content (AvgIpc) is 3.16. The maximum atomic E-state index is 13.2. The van der Waals surface area contributed by atoms with Gasteiger partial charge in [0.05, 0.1) is 5.41 Å². The van der Waals surface area contributed by atoms with Crippen molar-refractivity contribution in [1.82, 2.24) is 5.32 Å². The Labute approximate surface area is 113 Å². The van der Waals surface area contributed by atoms with Gasteiger partial charge in [-0.2, -0.15) is 0 Å². The van der Waals surface area contributed by atoms with Gasteiger partial charge in [0, 0.05) is 12.6 Å². The molecule has 1 fully saturated rings. The van der Waals surface area contributed by atoms with Crippen LogP contribution in [0.15, 0.2) is 18.2 Å². The highest BCUT2D eigenvalue weighted by Crippen LogP contribution is 2.45. The molecule has 0 radical (unpaired) electrons. The van der Waals surface area contributed by atoms with Crippen molar-refractivity contribution in [3.63, 3.8) is 0 Å². The molecule has 0 bridgehead atoms. The van der Waals surface area contributed by atoms with E-state index >= 15 is 0 Å². The van der Waals surface area contributed by atoms with Crippen molar-refractivity contribution in [2.24, 2.45) is 5.41 Å². The van der Waals surface area contributed by atoms with Crippen molar-refractivity contribution in [1.29, 1.82) is 0 Å². The third-order valence-electron chi connectivity index (χ3n) is 3.18. The molecule has 0 heterocycles. The van der Waals surface area contributed by atoms with E-state index < -0.39 is 35.5 Å². The lowest BCUT2D eigenvalue weighted by Crippen LogP contribution is -2.36. The molecule has 1 amide bonds. The number of carbonyl (C=O) groups excluding carboxylic acids is 1. The second-order valence-electron chi connectivity index (χ2n) is 4.73. The number of hydrogen-bond donors (Lipinski definition) is 2. The normalized spacial score (nSPS) is 15.5. The molecule has 2 N–H and O–H groups in total. The van der Waals surface area contributed by atoms with Gasteiger partial charge in [-0.15, -0.1) is 0 Å². The maximum absolute atomic E-state index is 13.2. The molecule has 7 heteroatoms. The zero-order valence-electron chi connectivity index (χ0n) is 10.5. The minimum atomic E-state index is -0.941. The van der Waals surface area contributed by atoms with Crippen LogP contribution in [-0.4, -0.2) is 30.1 Å². The summed E-state index contributed by atoms with van der Waals surface area (Å²) in [6, 6.07) is 2.74. The number of nitrogens with one attached hydrogen (secondary N) is 1. The molecule has 0 spiro atoms. The first-order chi connectivity index (χ1) is 9.43. The Bertz CT molecular complexity index is 543. The van der Waals surface area contributed by atoms with Gasteiger partial charge in [-0.1, -0.05) is 0 Å². The largest absolute Gasteiger partial charge is 0.481 e. The van der Waals surface area contributed by atoms with Gasteiger partial charge in [0.25, 0.3) is 5.91 Å². The molecule has 1 aliphatic carbocycles. The molecule has 20 heavy (non-hydrogen) atoms. The zero-order chi connectivity index (χ0) is 14.8. The summed E-state index contributed by atoms with van der Waals surface area (Å²) in [5.74, 6) is -3.37. The number of ether oxygens (including phenoxy) is 1. The monoisotopic (exact) mass is 285 g/mol. The van der Waals surface area contributed by atoms with E-state index in [0.717, 1.165) is 12.1 Å². The van der Waals surface area contributed by atoms with Gasteiger partial charge < -0.3 is 15.2 Å². The van der Waals surface area contributed by atoms with E-state index in [1.54, 1.807) is 0 Å². The van der Waals surface area contributed by atoms with Crippen LogP contribution in [0.3, 0.4) is 0 Å². The minimum Gasteiger partial charge on any atom is -0.481 e. The van der Waals surface area contributed by atoms with E-state index in [2.05, 4.69) is 5.32 Å². The summed E-state index contributed by atoms with van der Waals surface area (Å²) in [5.41, 5.74) is -0.864. The highest BCUT2D eigenvalue weighted by molar-refractivity contribution is 5.81. The number of rotatable bonds is 6. The van der Waals surface area contributed by atoms with Gasteiger partial charge >= 0.3 is 5.97 Å². The van der Waals surface area contributed by atoms with E-state index in [0.29, 0.717) is 18.9 Å². The van der Waals surface area contributed by atoms with Crippen LogP contribution in [0, 0.1) is 17.0 Å².